The number of carboxylic acids is 2. The van der Waals surface area contributed by atoms with E-state index in [4.69, 9.17) is 10.2 Å². The first-order valence-electron chi connectivity index (χ1n) is 4.77. The molecule has 6 nitrogen and oxygen atoms in total. The van der Waals surface area contributed by atoms with Gasteiger partial charge in [-0.05, 0) is 12.8 Å². The fourth-order valence-electron chi connectivity index (χ4n) is 2.06. The zero-order valence-corrected chi connectivity index (χ0v) is 9.06. The van der Waals surface area contributed by atoms with E-state index in [1.807, 2.05) is 0 Å². The predicted molar refractivity (Wildman–Crippen MR) is 57.1 cm³/mol. The molecule has 0 aliphatic carbocycles. The van der Waals surface area contributed by atoms with Crippen LogP contribution in [-0.4, -0.2) is 40.2 Å². The Bertz CT molecular complexity index is 280. The molecule has 0 amide bonds. The molecular formula is C10H17NO5. The number of rotatable bonds is 4. The quantitative estimate of drug-likeness (QED) is 0.564. The standard InChI is InChI=1S/C10H15NO4.H2O/c1-5(2)7-4-11-9(10(14)15)6(7)3-8(12)13;/h6-7,9,11H,1,3-4H2,2H3,(H,12,13)(H,14,15);1H2. The Morgan fingerprint density at radius 3 is 2.38 bits per heavy atom. The fraction of sp³-hybridized carbons (Fsp3) is 0.600. The Hall–Kier alpha value is -1.40. The number of carboxylic acid groups (broad SMARTS) is 2. The minimum absolute atomic E-state index is 0. The molecule has 5 N–H and O–H groups in total. The maximum atomic E-state index is 10.9. The topological polar surface area (TPSA) is 118 Å². The van der Waals surface area contributed by atoms with Crippen molar-refractivity contribution in [1.82, 2.24) is 5.32 Å². The third-order valence-corrected chi connectivity index (χ3v) is 2.81. The number of carbonyl (C=O) groups is 2. The highest BCUT2D eigenvalue weighted by Gasteiger charge is 2.41. The van der Waals surface area contributed by atoms with Crippen molar-refractivity contribution in [2.24, 2.45) is 11.8 Å². The summed E-state index contributed by atoms with van der Waals surface area (Å²) in [5, 5.41) is 20.5. The van der Waals surface area contributed by atoms with Gasteiger partial charge >= 0.3 is 11.9 Å². The summed E-state index contributed by atoms with van der Waals surface area (Å²) in [5.41, 5.74) is 0.831. The van der Waals surface area contributed by atoms with Crippen LogP contribution in [0.3, 0.4) is 0 Å². The fourth-order valence-corrected chi connectivity index (χ4v) is 2.06. The van der Waals surface area contributed by atoms with Crippen LogP contribution in [0.4, 0.5) is 0 Å². The summed E-state index contributed by atoms with van der Waals surface area (Å²) in [6.45, 7) is 6.05. The highest BCUT2D eigenvalue weighted by atomic mass is 16.4. The van der Waals surface area contributed by atoms with Crippen molar-refractivity contribution in [3.63, 3.8) is 0 Å². The Balaban J connectivity index is 0.00000225. The Morgan fingerprint density at radius 2 is 2.00 bits per heavy atom. The lowest BCUT2D eigenvalue weighted by molar-refractivity contribution is -0.142. The molecule has 1 saturated heterocycles. The molecule has 0 aromatic rings. The molecule has 0 bridgehead atoms. The monoisotopic (exact) mass is 231 g/mol. The second-order valence-corrected chi connectivity index (χ2v) is 3.94. The van der Waals surface area contributed by atoms with E-state index in [-0.39, 0.29) is 17.8 Å². The molecular weight excluding hydrogens is 214 g/mol. The van der Waals surface area contributed by atoms with Gasteiger partial charge in [0.15, 0.2) is 0 Å². The lowest BCUT2D eigenvalue weighted by Crippen LogP contribution is -2.36. The molecule has 16 heavy (non-hydrogen) atoms. The zero-order chi connectivity index (χ0) is 11.6. The Kier molecular flexibility index (Phi) is 5.13. The Labute approximate surface area is 93.3 Å². The van der Waals surface area contributed by atoms with E-state index in [0.29, 0.717) is 6.54 Å². The smallest absolute Gasteiger partial charge is 0.321 e. The number of hydrogen-bond donors (Lipinski definition) is 3. The highest BCUT2D eigenvalue weighted by Crippen LogP contribution is 2.30. The maximum Gasteiger partial charge on any atom is 0.321 e. The van der Waals surface area contributed by atoms with Gasteiger partial charge in [0.2, 0.25) is 0 Å². The van der Waals surface area contributed by atoms with Gasteiger partial charge in [-0.25, -0.2) is 0 Å². The molecule has 6 heteroatoms. The van der Waals surface area contributed by atoms with E-state index in [0.717, 1.165) is 5.57 Å². The predicted octanol–water partition coefficient (Wildman–Crippen LogP) is -0.499. The van der Waals surface area contributed by atoms with Gasteiger partial charge in [-0.2, -0.15) is 0 Å². The van der Waals surface area contributed by atoms with Gasteiger partial charge in [-0.15, -0.1) is 0 Å². The molecule has 0 spiro atoms. The molecule has 92 valence electrons. The van der Waals surface area contributed by atoms with E-state index in [1.165, 1.54) is 0 Å². The first kappa shape index (κ1) is 14.6. The van der Waals surface area contributed by atoms with Crippen LogP contribution in [0.2, 0.25) is 0 Å². The summed E-state index contributed by atoms with van der Waals surface area (Å²) in [5.74, 6) is -2.44. The molecule has 1 heterocycles. The lowest BCUT2D eigenvalue weighted by atomic mass is 9.84. The number of nitrogens with one attached hydrogen (secondary N) is 1. The molecule has 0 aromatic carbocycles. The molecule has 1 rings (SSSR count). The summed E-state index contributed by atoms with van der Waals surface area (Å²) in [7, 11) is 0. The van der Waals surface area contributed by atoms with Gasteiger partial charge in [-0.3, -0.25) is 9.59 Å². The lowest BCUT2D eigenvalue weighted by Gasteiger charge is -2.19. The molecule has 1 fully saturated rings. The number of aliphatic carboxylic acids is 2. The van der Waals surface area contributed by atoms with Crippen molar-refractivity contribution in [1.29, 1.82) is 0 Å². The van der Waals surface area contributed by atoms with Crippen LogP contribution < -0.4 is 5.32 Å². The van der Waals surface area contributed by atoms with E-state index >= 15 is 0 Å². The molecule has 3 unspecified atom stereocenters. The third-order valence-electron chi connectivity index (χ3n) is 2.81. The highest BCUT2D eigenvalue weighted by molar-refractivity contribution is 5.76. The minimum Gasteiger partial charge on any atom is -0.481 e. The molecule has 0 saturated carbocycles. The van der Waals surface area contributed by atoms with Crippen molar-refractivity contribution in [3.8, 4) is 0 Å². The van der Waals surface area contributed by atoms with Crippen molar-refractivity contribution in [2.45, 2.75) is 19.4 Å². The van der Waals surface area contributed by atoms with Crippen LogP contribution in [0.1, 0.15) is 13.3 Å². The average Bonchev–Trinajstić information content (AvgIpc) is 2.46. The Morgan fingerprint density at radius 1 is 1.44 bits per heavy atom. The summed E-state index contributed by atoms with van der Waals surface area (Å²) in [6, 6.07) is -0.775. The summed E-state index contributed by atoms with van der Waals surface area (Å²) >= 11 is 0. The van der Waals surface area contributed by atoms with E-state index in [2.05, 4.69) is 11.9 Å². The van der Waals surface area contributed by atoms with E-state index in [1.54, 1.807) is 6.92 Å². The minimum atomic E-state index is -0.995. The SMILES string of the molecule is C=C(C)C1CNC(C(=O)O)C1CC(=O)O.O. The van der Waals surface area contributed by atoms with Crippen LogP contribution >= 0.6 is 0 Å². The van der Waals surface area contributed by atoms with Crippen LogP contribution in [0.5, 0.6) is 0 Å². The van der Waals surface area contributed by atoms with Crippen LogP contribution in [0.15, 0.2) is 12.2 Å². The average molecular weight is 231 g/mol. The maximum absolute atomic E-state index is 10.9. The van der Waals surface area contributed by atoms with Gasteiger partial charge < -0.3 is 21.0 Å². The van der Waals surface area contributed by atoms with Crippen LogP contribution in [0, 0.1) is 11.8 Å². The van der Waals surface area contributed by atoms with Gasteiger partial charge in [0.1, 0.15) is 6.04 Å². The van der Waals surface area contributed by atoms with E-state index in [9.17, 15) is 9.59 Å². The van der Waals surface area contributed by atoms with Crippen molar-refractivity contribution >= 4 is 11.9 Å². The van der Waals surface area contributed by atoms with E-state index < -0.39 is 23.9 Å². The van der Waals surface area contributed by atoms with Gasteiger partial charge in [0.05, 0.1) is 6.42 Å². The van der Waals surface area contributed by atoms with Crippen molar-refractivity contribution < 1.29 is 25.3 Å². The van der Waals surface area contributed by atoms with Crippen molar-refractivity contribution in [2.75, 3.05) is 6.54 Å². The number of hydrogen-bond acceptors (Lipinski definition) is 3. The second kappa shape index (κ2) is 5.62. The molecule has 3 atom stereocenters. The molecule has 0 aromatic heterocycles. The normalized spacial score (nSPS) is 28.2. The summed E-state index contributed by atoms with van der Waals surface area (Å²) in [6.07, 6.45) is -0.137. The van der Waals surface area contributed by atoms with Crippen LogP contribution in [-0.2, 0) is 9.59 Å². The first-order chi connectivity index (χ1) is 6.93. The molecule has 1 aliphatic rings. The molecule has 1 aliphatic heterocycles. The largest absolute Gasteiger partial charge is 0.481 e. The second-order valence-electron chi connectivity index (χ2n) is 3.94. The van der Waals surface area contributed by atoms with Crippen molar-refractivity contribution in [3.05, 3.63) is 12.2 Å². The van der Waals surface area contributed by atoms with Crippen LogP contribution in [0.25, 0.3) is 0 Å². The summed E-state index contributed by atoms with van der Waals surface area (Å²) in [4.78, 5) is 21.5. The van der Waals surface area contributed by atoms with Gasteiger partial charge in [0, 0.05) is 12.5 Å². The van der Waals surface area contributed by atoms with Gasteiger partial charge in [0.25, 0.3) is 0 Å². The summed E-state index contributed by atoms with van der Waals surface area (Å²) < 4.78 is 0. The first-order valence-corrected chi connectivity index (χ1v) is 4.77. The van der Waals surface area contributed by atoms with Gasteiger partial charge in [-0.1, -0.05) is 12.2 Å². The zero-order valence-electron chi connectivity index (χ0n) is 9.06. The third kappa shape index (κ3) is 3.04. The molecule has 0 radical (unpaired) electrons.